The van der Waals surface area contributed by atoms with Crippen LogP contribution in [0.4, 0.5) is 0 Å². The first-order chi connectivity index (χ1) is 18.9. The normalized spacial score (nSPS) is 13.2. The summed E-state index contributed by atoms with van der Waals surface area (Å²) in [6, 6.07) is 16.4. The molecule has 0 radical (unpaired) electrons. The Morgan fingerprint density at radius 1 is 1.00 bits per heavy atom. The molecule has 0 bridgehead atoms. The highest BCUT2D eigenvalue weighted by molar-refractivity contribution is 6.45. The number of amides is 1. The molecule has 1 N–H and O–H groups in total. The highest BCUT2D eigenvalue weighted by Gasteiger charge is 2.29. The van der Waals surface area contributed by atoms with Crippen LogP contribution in [0.5, 0.6) is 0 Å². The van der Waals surface area contributed by atoms with E-state index in [0.717, 1.165) is 22.3 Å². The van der Waals surface area contributed by atoms with Gasteiger partial charge in [0, 0.05) is 36.4 Å². The molecule has 8 heteroatoms. The average Bonchev–Trinajstić information content (AvgIpc) is 3.44. The van der Waals surface area contributed by atoms with E-state index in [1.807, 2.05) is 37.3 Å². The summed E-state index contributed by atoms with van der Waals surface area (Å²) >= 11 is 0. The molecule has 1 aliphatic heterocycles. The molecule has 1 aliphatic rings. The number of nitrogens with zero attached hydrogens (tertiary/aromatic N) is 3. The van der Waals surface area contributed by atoms with Gasteiger partial charge in [0.25, 0.3) is 11.7 Å². The van der Waals surface area contributed by atoms with Crippen LogP contribution in [0.25, 0.3) is 32.7 Å². The molecule has 0 spiro atoms. The first kappa shape index (κ1) is 25.6. The van der Waals surface area contributed by atoms with Crippen molar-refractivity contribution in [3.8, 4) is 11.3 Å². The summed E-state index contributed by atoms with van der Waals surface area (Å²) in [7, 11) is 1.33. The van der Waals surface area contributed by atoms with E-state index in [1.54, 1.807) is 41.6 Å². The fourth-order valence-corrected chi connectivity index (χ4v) is 5.01. The highest BCUT2D eigenvalue weighted by atomic mass is 16.5. The second kappa shape index (κ2) is 10.8. The Morgan fingerprint density at radius 3 is 2.33 bits per heavy atom. The van der Waals surface area contributed by atoms with Crippen LogP contribution in [0.2, 0.25) is 0 Å². The number of likely N-dealkylation sites (tertiary alicyclic amines) is 1. The van der Waals surface area contributed by atoms with Gasteiger partial charge >= 0.3 is 5.97 Å². The van der Waals surface area contributed by atoms with Crippen LogP contribution in [0.1, 0.15) is 44.7 Å². The molecule has 2 aromatic heterocycles. The lowest BCUT2D eigenvalue weighted by atomic mass is 9.97. The molecule has 0 saturated carbocycles. The zero-order valence-corrected chi connectivity index (χ0v) is 21.7. The van der Waals surface area contributed by atoms with Gasteiger partial charge in [-0.1, -0.05) is 48.0 Å². The Bertz CT molecular complexity index is 1650. The number of hydrogen-bond donors (Lipinski definition) is 1. The van der Waals surface area contributed by atoms with E-state index in [4.69, 9.17) is 11.3 Å². The van der Waals surface area contributed by atoms with E-state index < -0.39 is 17.7 Å². The molecule has 1 saturated heterocycles. The number of esters is 1. The van der Waals surface area contributed by atoms with Crippen LogP contribution < -0.4 is 0 Å². The van der Waals surface area contributed by atoms with Crippen molar-refractivity contribution in [2.24, 2.45) is 0 Å². The van der Waals surface area contributed by atoms with E-state index in [9.17, 15) is 14.4 Å². The molecular weight excluding hydrogens is 492 g/mol. The molecule has 1 fully saturated rings. The summed E-state index contributed by atoms with van der Waals surface area (Å²) in [4.78, 5) is 51.5. The van der Waals surface area contributed by atoms with Crippen molar-refractivity contribution in [1.82, 2.24) is 14.9 Å². The third-order valence-electron chi connectivity index (χ3n) is 7.07. The summed E-state index contributed by atoms with van der Waals surface area (Å²) in [5.74, 6) is -1.57. The topological polar surface area (TPSA) is 96.7 Å². The second-order valence-electron chi connectivity index (χ2n) is 9.36. The number of carbonyl (C=O) groups excluding carboxylic acids is 3. The second-order valence-corrected chi connectivity index (χ2v) is 9.36. The van der Waals surface area contributed by atoms with Crippen LogP contribution >= 0.6 is 0 Å². The minimum absolute atomic E-state index is 0.301. The van der Waals surface area contributed by atoms with Gasteiger partial charge in [-0.15, -0.1) is 0 Å². The lowest BCUT2D eigenvalue weighted by Gasteiger charge is -2.28. The van der Waals surface area contributed by atoms with Crippen molar-refractivity contribution in [2.75, 3.05) is 20.2 Å². The standard InChI is InChI=1S/C31H26N4O4/c1-19-17-33-27(21-9-11-23(12-10-21)31(38)39-3)28-25(19)24(18-34-28)29(36)30(37)35-15-13-22(14-16-35)26(32-2)20-7-5-4-6-8-20/h4-12,17-18,34H,13-16H2,1,3H3. The summed E-state index contributed by atoms with van der Waals surface area (Å²) < 4.78 is 4.76. The van der Waals surface area contributed by atoms with Crippen LogP contribution in [0, 0.1) is 13.5 Å². The van der Waals surface area contributed by atoms with E-state index in [0.29, 0.717) is 59.4 Å². The van der Waals surface area contributed by atoms with Gasteiger partial charge in [0.15, 0.2) is 5.70 Å². The molecule has 1 amide bonds. The lowest BCUT2D eigenvalue weighted by molar-refractivity contribution is -0.126. The van der Waals surface area contributed by atoms with Gasteiger partial charge in [-0.2, -0.15) is 0 Å². The number of benzene rings is 2. The third-order valence-corrected chi connectivity index (χ3v) is 7.07. The van der Waals surface area contributed by atoms with Gasteiger partial charge in [-0.05, 0) is 43.0 Å². The molecule has 0 atom stereocenters. The van der Waals surface area contributed by atoms with Crippen molar-refractivity contribution in [1.29, 1.82) is 0 Å². The Balaban J connectivity index is 1.39. The van der Waals surface area contributed by atoms with E-state index in [1.165, 1.54) is 7.11 Å². The number of H-pyrrole nitrogens is 1. The number of hydrogen-bond acceptors (Lipinski definition) is 5. The number of aromatic nitrogens is 2. The molecule has 5 rings (SSSR count). The quantitative estimate of drug-likeness (QED) is 0.164. The predicted molar refractivity (Wildman–Crippen MR) is 148 cm³/mol. The van der Waals surface area contributed by atoms with Crippen LogP contribution in [-0.2, 0) is 9.53 Å². The summed E-state index contributed by atoms with van der Waals surface area (Å²) in [5, 5.41) is 0.646. The lowest BCUT2D eigenvalue weighted by Crippen LogP contribution is -2.40. The summed E-state index contributed by atoms with van der Waals surface area (Å²) in [5.41, 5.74) is 6.00. The SMILES string of the molecule is [C-]#[N+]C(=C1CCN(C(=O)C(=O)c2c[nH]c3c(-c4ccc(C(=O)OC)cc4)ncc(C)c23)CC1)c1ccccc1. The van der Waals surface area contributed by atoms with Crippen molar-refractivity contribution in [3.63, 3.8) is 0 Å². The van der Waals surface area contributed by atoms with Crippen molar-refractivity contribution < 1.29 is 19.1 Å². The fraction of sp³-hybridized carbons (Fsp3) is 0.194. The van der Waals surface area contributed by atoms with Crippen LogP contribution in [0.15, 0.2) is 72.6 Å². The molecule has 4 aromatic rings. The van der Waals surface area contributed by atoms with Crippen molar-refractivity contribution in [3.05, 3.63) is 106 Å². The highest BCUT2D eigenvalue weighted by Crippen LogP contribution is 2.32. The molecule has 194 valence electrons. The van der Waals surface area contributed by atoms with Gasteiger partial charge in [-0.3, -0.25) is 14.6 Å². The first-order valence-electron chi connectivity index (χ1n) is 12.6. The molecule has 2 aromatic carbocycles. The van der Waals surface area contributed by atoms with Crippen LogP contribution in [-0.4, -0.2) is 52.7 Å². The zero-order chi connectivity index (χ0) is 27.5. The van der Waals surface area contributed by atoms with E-state index in [-0.39, 0.29) is 0 Å². The minimum Gasteiger partial charge on any atom is -0.465 e. The predicted octanol–water partition coefficient (Wildman–Crippen LogP) is 5.46. The first-order valence-corrected chi connectivity index (χ1v) is 12.6. The van der Waals surface area contributed by atoms with Crippen LogP contribution in [0.3, 0.4) is 0 Å². The van der Waals surface area contributed by atoms with Gasteiger partial charge in [0.05, 0.1) is 36.0 Å². The molecule has 0 aliphatic carbocycles. The summed E-state index contributed by atoms with van der Waals surface area (Å²) in [6.45, 7) is 10.3. The fourth-order valence-electron chi connectivity index (χ4n) is 5.01. The van der Waals surface area contributed by atoms with E-state index in [2.05, 4.69) is 14.8 Å². The molecule has 39 heavy (non-hydrogen) atoms. The number of aryl methyl sites for hydroxylation is 1. The Kier molecular flexibility index (Phi) is 7.06. The molecule has 3 heterocycles. The maximum Gasteiger partial charge on any atom is 0.337 e. The Labute approximate surface area is 225 Å². The van der Waals surface area contributed by atoms with Gasteiger partial charge < -0.3 is 14.6 Å². The molecule has 8 nitrogen and oxygen atoms in total. The number of pyridine rings is 1. The number of methoxy groups -OCH3 is 1. The van der Waals surface area contributed by atoms with Crippen molar-refractivity contribution >= 4 is 34.3 Å². The van der Waals surface area contributed by atoms with Gasteiger partial charge in [-0.25, -0.2) is 9.64 Å². The number of fused-ring (bicyclic) bond motifs is 1. The van der Waals surface area contributed by atoms with Gasteiger partial charge in [0.2, 0.25) is 0 Å². The number of piperidine rings is 1. The number of Topliss-reactive ketones (excluding diaryl/α,β-unsaturated/α-hetero) is 1. The maximum absolute atomic E-state index is 13.4. The molecule has 0 unspecified atom stereocenters. The maximum atomic E-state index is 13.4. The largest absolute Gasteiger partial charge is 0.465 e. The third kappa shape index (κ3) is 4.82. The number of ketones is 1. The Morgan fingerprint density at radius 2 is 1.69 bits per heavy atom. The van der Waals surface area contributed by atoms with E-state index >= 15 is 0 Å². The summed E-state index contributed by atoms with van der Waals surface area (Å²) in [6.07, 6.45) is 4.34. The average molecular weight is 519 g/mol. The molecular formula is C31H26N4O4. The monoisotopic (exact) mass is 518 g/mol. The number of aromatic amines is 1. The number of ether oxygens (including phenoxy) is 1. The number of carbonyl (C=O) groups is 3. The van der Waals surface area contributed by atoms with Gasteiger partial charge in [0.1, 0.15) is 0 Å². The zero-order valence-electron chi connectivity index (χ0n) is 21.7. The minimum atomic E-state index is -0.580. The smallest absolute Gasteiger partial charge is 0.337 e. The Hall–Kier alpha value is -5.03. The van der Waals surface area contributed by atoms with Crippen molar-refractivity contribution in [2.45, 2.75) is 19.8 Å². The number of rotatable bonds is 5. The number of nitrogens with one attached hydrogen (secondary N) is 1.